The summed E-state index contributed by atoms with van der Waals surface area (Å²) < 4.78 is 1.59. The predicted molar refractivity (Wildman–Crippen MR) is 59.9 cm³/mol. The van der Waals surface area contributed by atoms with Crippen molar-refractivity contribution in [1.82, 2.24) is 15.1 Å². The first-order valence-corrected chi connectivity index (χ1v) is 5.60. The minimum absolute atomic E-state index is 0.139. The van der Waals surface area contributed by atoms with Crippen LogP contribution in [0.5, 0.6) is 0 Å². The molecule has 0 aliphatic carbocycles. The van der Waals surface area contributed by atoms with Crippen molar-refractivity contribution < 1.29 is 0 Å². The van der Waals surface area contributed by atoms with Gasteiger partial charge in [0.05, 0.1) is 5.69 Å². The van der Waals surface area contributed by atoms with Gasteiger partial charge in [-0.1, -0.05) is 13.8 Å². The third-order valence-corrected chi connectivity index (χ3v) is 3.00. The van der Waals surface area contributed by atoms with Crippen LogP contribution in [0.2, 0.25) is 0 Å². The van der Waals surface area contributed by atoms with Gasteiger partial charge in [0.2, 0.25) is 0 Å². The fourth-order valence-corrected chi connectivity index (χ4v) is 2.29. The number of H-pyrrole nitrogens is 1. The van der Waals surface area contributed by atoms with Gasteiger partial charge in [-0.05, 0) is 18.8 Å². The van der Waals surface area contributed by atoms with Crippen molar-refractivity contribution >= 4 is 0 Å². The third-order valence-electron chi connectivity index (χ3n) is 3.00. The topological polar surface area (TPSA) is 49.8 Å². The Hall–Kier alpha value is -1.03. The van der Waals surface area contributed by atoms with Crippen LogP contribution in [0.3, 0.4) is 0 Å². The van der Waals surface area contributed by atoms with Crippen LogP contribution in [0.1, 0.15) is 37.6 Å². The van der Waals surface area contributed by atoms with Crippen LogP contribution in [0.25, 0.3) is 0 Å². The number of aryl methyl sites for hydroxylation is 1. The lowest BCUT2D eigenvalue weighted by Gasteiger charge is -2.24. The van der Waals surface area contributed by atoms with Crippen LogP contribution in [0.4, 0.5) is 0 Å². The van der Waals surface area contributed by atoms with Gasteiger partial charge in [-0.3, -0.25) is 14.6 Å². The first kappa shape index (κ1) is 10.5. The Morgan fingerprint density at radius 2 is 2.27 bits per heavy atom. The molecule has 1 aromatic rings. The fourth-order valence-electron chi connectivity index (χ4n) is 2.29. The van der Waals surface area contributed by atoms with E-state index in [4.69, 9.17) is 0 Å². The van der Waals surface area contributed by atoms with E-state index < -0.39 is 0 Å². The molecule has 1 atom stereocenters. The smallest absolute Gasteiger partial charge is 0.269 e. The first-order chi connectivity index (χ1) is 7.09. The SMILES string of the molecule is CC(C)CC1NCCc2c1[nH]n(C)c2=O. The van der Waals surface area contributed by atoms with Gasteiger partial charge < -0.3 is 5.32 Å². The van der Waals surface area contributed by atoms with E-state index in [0.29, 0.717) is 12.0 Å². The van der Waals surface area contributed by atoms with E-state index in [9.17, 15) is 4.79 Å². The van der Waals surface area contributed by atoms with E-state index in [0.717, 1.165) is 30.6 Å². The maximum Gasteiger partial charge on any atom is 0.269 e. The molecule has 2 rings (SSSR count). The van der Waals surface area contributed by atoms with Gasteiger partial charge >= 0.3 is 0 Å². The van der Waals surface area contributed by atoms with E-state index in [-0.39, 0.29) is 5.56 Å². The lowest BCUT2D eigenvalue weighted by atomic mass is 9.95. The zero-order chi connectivity index (χ0) is 11.0. The zero-order valence-corrected chi connectivity index (χ0v) is 9.63. The van der Waals surface area contributed by atoms with E-state index in [2.05, 4.69) is 24.3 Å². The number of hydrogen-bond acceptors (Lipinski definition) is 2. The molecule has 0 bridgehead atoms. The van der Waals surface area contributed by atoms with E-state index >= 15 is 0 Å². The standard InChI is InChI=1S/C11H19N3O/c1-7(2)6-9-10-8(4-5-12-9)11(15)14(3)13-10/h7,9,12-13H,4-6H2,1-3H3. The average Bonchev–Trinajstić information content (AvgIpc) is 2.45. The lowest BCUT2D eigenvalue weighted by molar-refractivity contribution is 0.405. The summed E-state index contributed by atoms with van der Waals surface area (Å²) in [7, 11) is 1.78. The van der Waals surface area contributed by atoms with Crippen LogP contribution >= 0.6 is 0 Å². The molecule has 1 unspecified atom stereocenters. The van der Waals surface area contributed by atoms with E-state index in [1.807, 2.05) is 0 Å². The number of rotatable bonds is 2. The molecule has 0 saturated heterocycles. The molecule has 1 aromatic heterocycles. The molecule has 4 heteroatoms. The summed E-state index contributed by atoms with van der Waals surface area (Å²) in [5.41, 5.74) is 2.21. The summed E-state index contributed by atoms with van der Waals surface area (Å²) in [5.74, 6) is 0.636. The van der Waals surface area contributed by atoms with Crippen molar-refractivity contribution in [3.05, 3.63) is 21.6 Å². The summed E-state index contributed by atoms with van der Waals surface area (Å²) in [6, 6.07) is 0.322. The Labute approximate surface area is 89.7 Å². The van der Waals surface area contributed by atoms with Gasteiger partial charge in [0, 0.05) is 25.2 Å². The molecular weight excluding hydrogens is 190 g/mol. The average molecular weight is 209 g/mol. The second kappa shape index (κ2) is 3.85. The van der Waals surface area contributed by atoms with Crippen molar-refractivity contribution in [2.45, 2.75) is 32.7 Å². The van der Waals surface area contributed by atoms with Crippen LogP contribution in [-0.4, -0.2) is 16.3 Å². The molecule has 1 aliphatic rings. The summed E-state index contributed by atoms with van der Waals surface area (Å²) >= 11 is 0. The Balaban J connectivity index is 2.34. The molecular formula is C11H19N3O. The number of fused-ring (bicyclic) bond motifs is 1. The highest BCUT2D eigenvalue weighted by molar-refractivity contribution is 5.24. The van der Waals surface area contributed by atoms with Gasteiger partial charge in [-0.2, -0.15) is 0 Å². The molecule has 4 nitrogen and oxygen atoms in total. The van der Waals surface area contributed by atoms with Crippen molar-refractivity contribution in [1.29, 1.82) is 0 Å². The van der Waals surface area contributed by atoms with Gasteiger partial charge in [-0.15, -0.1) is 0 Å². The maximum absolute atomic E-state index is 11.7. The monoisotopic (exact) mass is 209 g/mol. The number of aromatic amines is 1. The van der Waals surface area contributed by atoms with Gasteiger partial charge in [0.1, 0.15) is 0 Å². The second-order valence-corrected chi connectivity index (χ2v) is 4.75. The molecule has 0 amide bonds. The maximum atomic E-state index is 11.7. The molecule has 0 radical (unpaired) electrons. The van der Waals surface area contributed by atoms with Crippen molar-refractivity contribution in [3.8, 4) is 0 Å². The van der Waals surface area contributed by atoms with Crippen LogP contribution in [-0.2, 0) is 13.5 Å². The van der Waals surface area contributed by atoms with Crippen molar-refractivity contribution in [2.24, 2.45) is 13.0 Å². The highest BCUT2D eigenvalue weighted by atomic mass is 16.1. The summed E-state index contributed by atoms with van der Waals surface area (Å²) in [6.45, 7) is 5.32. The molecule has 84 valence electrons. The highest BCUT2D eigenvalue weighted by Crippen LogP contribution is 2.24. The second-order valence-electron chi connectivity index (χ2n) is 4.75. The molecule has 0 aromatic carbocycles. The number of nitrogens with zero attached hydrogens (tertiary/aromatic N) is 1. The Morgan fingerprint density at radius 3 is 2.93 bits per heavy atom. The Bertz CT molecular complexity index is 402. The quantitative estimate of drug-likeness (QED) is 0.762. The number of aromatic nitrogens is 2. The van der Waals surface area contributed by atoms with E-state index in [1.54, 1.807) is 11.7 Å². The summed E-state index contributed by atoms with van der Waals surface area (Å²) in [6.07, 6.45) is 1.92. The van der Waals surface area contributed by atoms with Gasteiger partial charge in [0.15, 0.2) is 0 Å². The number of nitrogens with one attached hydrogen (secondary N) is 2. The van der Waals surface area contributed by atoms with E-state index in [1.165, 1.54) is 0 Å². The molecule has 0 fully saturated rings. The molecule has 0 spiro atoms. The van der Waals surface area contributed by atoms with Gasteiger partial charge in [-0.25, -0.2) is 0 Å². The van der Waals surface area contributed by atoms with Crippen LogP contribution < -0.4 is 10.9 Å². The zero-order valence-electron chi connectivity index (χ0n) is 9.63. The molecule has 1 aliphatic heterocycles. The van der Waals surface area contributed by atoms with Crippen molar-refractivity contribution in [2.75, 3.05) is 6.54 Å². The summed E-state index contributed by atoms with van der Waals surface area (Å²) in [4.78, 5) is 11.7. The predicted octanol–water partition coefficient (Wildman–Crippen LogP) is 0.946. The minimum atomic E-state index is 0.139. The third kappa shape index (κ3) is 1.86. The normalized spacial score (nSPS) is 20.7. The van der Waals surface area contributed by atoms with Crippen LogP contribution in [0, 0.1) is 5.92 Å². The molecule has 2 heterocycles. The molecule has 0 saturated carbocycles. The highest BCUT2D eigenvalue weighted by Gasteiger charge is 2.25. The fraction of sp³-hybridized carbons (Fsp3) is 0.727. The minimum Gasteiger partial charge on any atom is -0.308 e. The van der Waals surface area contributed by atoms with Gasteiger partial charge in [0.25, 0.3) is 5.56 Å². The summed E-state index contributed by atoms with van der Waals surface area (Å²) in [5, 5.41) is 6.63. The first-order valence-electron chi connectivity index (χ1n) is 5.60. The van der Waals surface area contributed by atoms with Crippen LogP contribution in [0.15, 0.2) is 4.79 Å². The lowest BCUT2D eigenvalue weighted by Crippen LogP contribution is -2.32. The largest absolute Gasteiger partial charge is 0.308 e. The Kier molecular flexibility index (Phi) is 2.69. The van der Waals surface area contributed by atoms with Crippen molar-refractivity contribution in [3.63, 3.8) is 0 Å². The number of hydrogen-bond donors (Lipinski definition) is 2. The molecule has 15 heavy (non-hydrogen) atoms. The molecule has 2 N–H and O–H groups in total. The Morgan fingerprint density at radius 1 is 1.53 bits per heavy atom.